The lowest BCUT2D eigenvalue weighted by atomic mass is 10.1. The van der Waals surface area contributed by atoms with E-state index in [-0.39, 0.29) is 0 Å². The Morgan fingerprint density at radius 2 is 1.36 bits per heavy atom. The number of thioether (sulfide) groups is 1. The monoisotopic (exact) mass is 363 g/mol. The van der Waals surface area contributed by atoms with Gasteiger partial charge in [-0.25, -0.2) is 0 Å². The van der Waals surface area contributed by atoms with E-state index in [1.807, 2.05) is 0 Å². The summed E-state index contributed by atoms with van der Waals surface area (Å²) in [6, 6.07) is 8.69. The van der Waals surface area contributed by atoms with Crippen molar-refractivity contribution in [1.82, 2.24) is 0 Å². The summed E-state index contributed by atoms with van der Waals surface area (Å²) >= 11 is 2.05. The lowest BCUT2D eigenvalue weighted by molar-refractivity contribution is 0.304. The van der Waals surface area contributed by atoms with Gasteiger partial charge in [-0.1, -0.05) is 64.7 Å². The molecular weight excluding hydrogens is 326 g/mol. The van der Waals surface area contributed by atoms with Crippen molar-refractivity contribution in [3.05, 3.63) is 24.3 Å². The highest BCUT2D eigenvalue weighted by atomic mass is 32.2. The predicted octanol–water partition coefficient (Wildman–Crippen LogP) is 6.54. The zero-order chi connectivity index (χ0) is 17.6. The standard InChI is InChI=1S/C22H37NOS/c1-2-3-4-5-6-7-8-9-10-11-18-24-22-14-12-21(13-15-22)23-16-19-25-20-17-23/h12-15H,2-11,16-20H2,1H3. The molecule has 1 heterocycles. The van der Waals surface area contributed by atoms with Crippen molar-refractivity contribution >= 4 is 17.4 Å². The number of unbranched alkanes of at least 4 members (excludes halogenated alkanes) is 9. The molecule has 1 aliphatic heterocycles. The van der Waals surface area contributed by atoms with Crippen molar-refractivity contribution < 1.29 is 4.74 Å². The molecule has 3 heteroatoms. The molecule has 1 aromatic rings. The fourth-order valence-corrected chi connectivity index (χ4v) is 4.26. The van der Waals surface area contributed by atoms with E-state index in [1.54, 1.807) is 0 Å². The summed E-state index contributed by atoms with van der Waals surface area (Å²) < 4.78 is 5.90. The third-order valence-corrected chi connectivity index (χ3v) is 5.92. The first-order valence-electron chi connectivity index (χ1n) is 10.5. The highest BCUT2D eigenvalue weighted by Crippen LogP contribution is 2.22. The van der Waals surface area contributed by atoms with Crippen LogP contribution in [0.5, 0.6) is 5.75 Å². The molecule has 0 spiro atoms. The predicted molar refractivity (Wildman–Crippen MR) is 113 cm³/mol. The molecule has 0 unspecified atom stereocenters. The van der Waals surface area contributed by atoms with Crippen LogP contribution in [0.4, 0.5) is 5.69 Å². The molecule has 1 saturated heterocycles. The average Bonchev–Trinajstić information content (AvgIpc) is 2.67. The highest BCUT2D eigenvalue weighted by Gasteiger charge is 2.10. The number of hydrogen-bond acceptors (Lipinski definition) is 3. The van der Waals surface area contributed by atoms with Crippen LogP contribution in [0.15, 0.2) is 24.3 Å². The molecule has 1 aliphatic rings. The molecule has 0 N–H and O–H groups in total. The minimum atomic E-state index is 0.857. The van der Waals surface area contributed by atoms with E-state index in [2.05, 4.69) is 47.9 Å². The Balaban J connectivity index is 1.46. The van der Waals surface area contributed by atoms with Crippen LogP contribution >= 0.6 is 11.8 Å². The van der Waals surface area contributed by atoms with Gasteiger partial charge < -0.3 is 9.64 Å². The van der Waals surface area contributed by atoms with Gasteiger partial charge >= 0.3 is 0 Å². The minimum Gasteiger partial charge on any atom is -0.494 e. The van der Waals surface area contributed by atoms with Crippen molar-refractivity contribution in [3.63, 3.8) is 0 Å². The van der Waals surface area contributed by atoms with Crippen molar-refractivity contribution in [1.29, 1.82) is 0 Å². The maximum atomic E-state index is 5.90. The molecule has 0 radical (unpaired) electrons. The Bertz CT molecular complexity index is 428. The van der Waals surface area contributed by atoms with Gasteiger partial charge in [-0.3, -0.25) is 0 Å². The van der Waals surface area contributed by atoms with Crippen LogP contribution in [-0.2, 0) is 0 Å². The Morgan fingerprint density at radius 3 is 1.96 bits per heavy atom. The summed E-state index contributed by atoms with van der Waals surface area (Å²) in [5.74, 6) is 3.51. The number of nitrogens with zero attached hydrogens (tertiary/aromatic N) is 1. The van der Waals surface area contributed by atoms with Crippen molar-refractivity contribution in [3.8, 4) is 5.75 Å². The van der Waals surface area contributed by atoms with Crippen LogP contribution < -0.4 is 9.64 Å². The van der Waals surface area contributed by atoms with E-state index >= 15 is 0 Å². The molecule has 1 aromatic carbocycles. The van der Waals surface area contributed by atoms with Crippen LogP contribution in [0.1, 0.15) is 71.1 Å². The first kappa shape index (κ1) is 20.5. The minimum absolute atomic E-state index is 0.857. The van der Waals surface area contributed by atoms with Gasteiger partial charge in [0.2, 0.25) is 0 Å². The average molecular weight is 364 g/mol. The molecule has 0 bridgehead atoms. The molecule has 1 fully saturated rings. The molecule has 2 nitrogen and oxygen atoms in total. The second kappa shape index (κ2) is 13.4. The van der Waals surface area contributed by atoms with Crippen LogP contribution in [0.3, 0.4) is 0 Å². The third-order valence-electron chi connectivity index (χ3n) is 4.98. The zero-order valence-electron chi connectivity index (χ0n) is 16.2. The van der Waals surface area contributed by atoms with Gasteiger partial charge in [0.25, 0.3) is 0 Å². The molecule has 2 rings (SSSR count). The number of rotatable bonds is 13. The van der Waals surface area contributed by atoms with Crippen molar-refractivity contribution in [2.24, 2.45) is 0 Å². The van der Waals surface area contributed by atoms with E-state index in [4.69, 9.17) is 4.74 Å². The first-order valence-corrected chi connectivity index (χ1v) is 11.6. The summed E-state index contributed by atoms with van der Waals surface area (Å²) in [7, 11) is 0. The van der Waals surface area contributed by atoms with Crippen LogP contribution in [0, 0.1) is 0 Å². The van der Waals surface area contributed by atoms with Crippen molar-refractivity contribution in [2.45, 2.75) is 71.1 Å². The number of benzene rings is 1. The largest absolute Gasteiger partial charge is 0.494 e. The van der Waals surface area contributed by atoms with Gasteiger partial charge in [-0.05, 0) is 30.7 Å². The second-order valence-electron chi connectivity index (χ2n) is 7.12. The fraction of sp³-hybridized carbons (Fsp3) is 0.727. The van der Waals surface area contributed by atoms with Gasteiger partial charge in [0.05, 0.1) is 6.61 Å². The molecule has 0 saturated carbocycles. The maximum Gasteiger partial charge on any atom is 0.119 e. The quantitative estimate of drug-likeness (QED) is 0.369. The van der Waals surface area contributed by atoms with Gasteiger partial charge in [0.15, 0.2) is 0 Å². The number of hydrogen-bond donors (Lipinski definition) is 0. The molecule has 25 heavy (non-hydrogen) atoms. The van der Waals surface area contributed by atoms with E-state index < -0.39 is 0 Å². The lowest BCUT2D eigenvalue weighted by Crippen LogP contribution is -2.32. The highest BCUT2D eigenvalue weighted by molar-refractivity contribution is 7.99. The molecule has 0 amide bonds. The summed E-state index contributed by atoms with van der Waals surface area (Å²) in [5.41, 5.74) is 1.34. The number of anilines is 1. The Morgan fingerprint density at radius 1 is 0.800 bits per heavy atom. The third kappa shape index (κ3) is 8.89. The Hall–Kier alpha value is -0.830. The van der Waals surface area contributed by atoms with Crippen LogP contribution in [0.2, 0.25) is 0 Å². The van der Waals surface area contributed by atoms with E-state index in [9.17, 15) is 0 Å². The first-order chi connectivity index (χ1) is 12.4. The topological polar surface area (TPSA) is 12.5 Å². The fourth-order valence-electron chi connectivity index (χ4n) is 3.35. The van der Waals surface area contributed by atoms with E-state index in [0.29, 0.717) is 0 Å². The van der Waals surface area contributed by atoms with Gasteiger partial charge in [0, 0.05) is 30.3 Å². The summed E-state index contributed by atoms with van der Waals surface area (Å²) in [4.78, 5) is 2.47. The molecular formula is C22H37NOS. The normalized spacial score (nSPS) is 14.7. The molecule has 0 atom stereocenters. The molecule has 0 aromatic heterocycles. The number of ether oxygens (including phenoxy) is 1. The Kier molecular flexibility index (Phi) is 11.0. The van der Waals surface area contributed by atoms with Crippen molar-refractivity contribution in [2.75, 3.05) is 36.1 Å². The smallest absolute Gasteiger partial charge is 0.119 e. The Labute approximate surface area is 159 Å². The van der Waals surface area contributed by atoms with Gasteiger partial charge in [0.1, 0.15) is 5.75 Å². The van der Waals surface area contributed by atoms with Crippen LogP contribution in [-0.4, -0.2) is 31.2 Å². The van der Waals surface area contributed by atoms with E-state index in [0.717, 1.165) is 12.4 Å². The zero-order valence-corrected chi connectivity index (χ0v) is 17.0. The molecule has 0 aliphatic carbocycles. The van der Waals surface area contributed by atoms with Crippen LogP contribution in [0.25, 0.3) is 0 Å². The molecule has 142 valence electrons. The SMILES string of the molecule is CCCCCCCCCCCCOc1ccc(N2CCSCC2)cc1. The maximum absolute atomic E-state index is 5.90. The summed E-state index contributed by atoms with van der Waals surface area (Å²) in [5, 5.41) is 0. The summed E-state index contributed by atoms with van der Waals surface area (Å²) in [6.45, 7) is 5.48. The lowest BCUT2D eigenvalue weighted by Gasteiger charge is -2.28. The van der Waals surface area contributed by atoms with E-state index in [1.165, 1.54) is 94.5 Å². The second-order valence-corrected chi connectivity index (χ2v) is 8.35. The summed E-state index contributed by atoms with van der Waals surface area (Å²) in [6.07, 6.45) is 13.7. The van der Waals surface area contributed by atoms with Gasteiger partial charge in [-0.15, -0.1) is 0 Å². The van der Waals surface area contributed by atoms with Gasteiger partial charge in [-0.2, -0.15) is 11.8 Å².